The van der Waals surface area contributed by atoms with Crippen LogP contribution in [-0.4, -0.2) is 52.7 Å². The maximum absolute atomic E-state index is 11.4. The summed E-state index contributed by atoms with van der Waals surface area (Å²) < 4.78 is 0. The number of carbonyl (C=O) groups is 3. The van der Waals surface area contributed by atoms with Crippen molar-refractivity contribution in [2.45, 2.75) is 12.5 Å². The number of nitrogens with one attached hydrogen (secondary N) is 2. The van der Waals surface area contributed by atoms with Gasteiger partial charge in [0.15, 0.2) is 0 Å². The van der Waals surface area contributed by atoms with Gasteiger partial charge in [0, 0.05) is 6.20 Å². The summed E-state index contributed by atoms with van der Waals surface area (Å²) in [7, 11) is 0. The average molecular weight is 301 g/mol. The third-order valence-electron chi connectivity index (χ3n) is 2.10. The largest absolute Gasteiger partial charge is 0.480 e. The number of carboxylic acids is 2. The molecule has 0 spiro atoms. The van der Waals surface area contributed by atoms with Crippen LogP contribution in [0.5, 0.6) is 0 Å². The zero-order chi connectivity index (χ0) is 15.5. The van der Waals surface area contributed by atoms with Crippen molar-refractivity contribution in [2.24, 2.45) is 0 Å². The third kappa shape index (κ3) is 7.27. The molecule has 0 aromatic heterocycles. The molecule has 1 amide bonds. The summed E-state index contributed by atoms with van der Waals surface area (Å²) in [6, 6.07) is 0.653. The number of thioether (sulfide) groups is 1. The van der Waals surface area contributed by atoms with E-state index in [0.717, 1.165) is 6.20 Å². The summed E-state index contributed by atoms with van der Waals surface area (Å²) in [5, 5.41) is 30.6. The molecule has 0 fully saturated rings. The Morgan fingerprint density at radius 2 is 2.05 bits per heavy atom. The van der Waals surface area contributed by atoms with Gasteiger partial charge in [-0.3, -0.25) is 9.59 Å². The Morgan fingerprint density at radius 1 is 1.40 bits per heavy atom. The summed E-state index contributed by atoms with van der Waals surface area (Å²) in [5.74, 6) is -2.62. The average Bonchev–Trinajstić information content (AvgIpc) is 2.39. The summed E-state index contributed by atoms with van der Waals surface area (Å²) in [4.78, 5) is 32.6. The molecule has 0 aromatic carbocycles. The Morgan fingerprint density at radius 3 is 2.50 bits per heavy atom. The second kappa shape index (κ2) is 9.69. The van der Waals surface area contributed by atoms with Crippen LogP contribution in [0.1, 0.15) is 6.42 Å². The number of nitrogens with zero attached hydrogens (tertiary/aromatic N) is 1. The van der Waals surface area contributed by atoms with E-state index in [1.54, 1.807) is 6.07 Å². The van der Waals surface area contributed by atoms with Gasteiger partial charge in [-0.25, -0.2) is 4.79 Å². The van der Waals surface area contributed by atoms with Crippen molar-refractivity contribution in [1.82, 2.24) is 10.6 Å². The molecule has 0 saturated carbocycles. The zero-order valence-corrected chi connectivity index (χ0v) is 11.6. The van der Waals surface area contributed by atoms with Gasteiger partial charge in [0.1, 0.15) is 24.2 Å². The van der Waals surface area contributed by atoms with E-state index in [0.29, 0.717) is 12.2 Å². The predicted octanol–water partition coefficient (Wildman–Crippen LogP) is -0.609. The molecule has 1 atom stereocenters. The van der Waals surface area contributed by atoms with E-state index in [2.05, 4.69) is 5.32 Å². The van der Waals surface area contributed by atoms with E-state index < -0.39 is 30.4 Å². The fourth-order valence-electron chi connectivity index (χ4n) is 1.10. The summed E-state index contributed by atoms with van der Waals surface area (Å²) in [5.41, 5.74) is -0.387. The molecule has 0 aliphatic heterocycles. The molecule has 0 heterocycles. The molecule has 20 heavy (non-hydrogen) atoms. The van der Waals surface area contributed by atoms with Gasteiger partial charge in [-0.15, -0.1) is 0 Å². The summed E-state index contributed by atoms with van der Waals surface area (Å²) >= 11 is 1.47. The van der Waals surface area contributed by atoms with Crippen LogP contribution >= 0.6 is 11.8 Å². The van der Waals surface area contributed by atoms with E-state index in [9.17, 15) is 14.4 Å². The minimum Gasteiger partial charge on any atom is -0.480 e. The molecule has 1 unspecified atom stereocenters. The minimum atomic E-state index is -1.24. The number of amides is 1. The van der Waals surface area contributed by atoms with E-state index in [1.807, 2.05) is 11.6 Å². The van der Waals surface area contributed by atoms with Gasteiger partial charge in [0.05, 0.1) is 0 Å². The second-order valence-corrected chi connectivity index (χ2v) is 4.57. The standard InChI is InChI=1S/C11H15N3O5S/c1-20-3-2-8(11(18)19)13-5-7(4-12)10(17)14-6-9(15)16/h5,8,13H,2-3,6H2,1H3,(H,14,17)(H,15,16)(H,18,19)/b7-5-. The van der Waals surface area contributed by atoms with Gasteiger partial charge < -0.3 is 20.8 Å². The SMILES string of the molecule is CSCCC(N/C=C(/C#N)C(=O)NCC(=O)O)C(=O)O. The Hall–Kier alpha value is -2.21. The van der Waals surface area contributed by atoms with Crippen molar-refractivity contribution in [2.75, 3.05) is 18.6 Å². The first-order valence-electron chi connectivity index (χ1n) is 5.50. The molecule has 4 N–H and O–H groups in total. The lowest BCUT2D eigenvalue weighted by molar-refractivity contribution is -0.139. The Kier molecular flexibility index (Phi) is 8.61. The Balaban J connectivity index is 4.62. The molecule has 0 rings (SSSR count). The first-order chi connectivity index (χ1) is 9.42. The van der Waals surface area contributed by atoms with Crippen LogP contribution in [0.15, 0.2) is 11.8 Å². The first kappa shape index (κ1) is 17.8. The second-order valence-electron chi connectivity index (χ2n) is 3.59. The normalized spacial score (nSPS) is 12.1. The molecule has 9 heteroatoms. The maximum Gasteiger partial charge on any atom is 0.326 e. The summed E-state index contributed by atoms with van der Waals surface area (Å²) in [6.07, 6.45) is 3.13. The lowest BCUT2D eigenvalue weighted by Gasteiger charge is -2.12. The first-order valence-corrected chi connectivity index (χ1v) is 6.89. The van der Waals surface area contributed by atoms with E-state index in [-0.39, 0.29) is 5.57 Å². The molecule has 8 nitrogen and oxygen atoms in total. The number of carbonyl (C=O) groups excluding carboxylic acids is 1. The number of hydrogen-bond acceptors (Lipinski definition) is 6. The number of rotatable bonds is 9. The third-order valence-corrected chi connectivity index (χ3v) is 2.75. The molecule has 110 valence electrons. The van der Waals surface area contributed by atoms with Crippen molar-refractivity contribution in [1.29, 1.82) is 5.26 Å². The topological polar surface area (TPSA) is 140 Å². The van der Waals surface area contributed by atoms with E-state index in [4.69, 9.17) is 15.5 Å². The fourth-order valence-corrected chi connectivity index (χ4v) is 1.57. The van der Waals surface area contributed by atoms with Crippen molar-refractivity contribution in [3.63, 3.8) is 0 Å². The van der Waals surface area contributed by atoms with Gasteiger partial charge in [-0.1, -0.05) is 0 Å². The molecular formula is C11H15N3O5S. The van der Waals surface area contributed by atoms with Crippen LogP contribution in [0.4, 0.5) is 0 Å². The molecule has 0 aromatic rings. The fraction of sp³-hybridized carbons (Fsp3) is 0.455. The zero-order valence-electron chi connectivity index (χ0n) is 10.8. The number of aliphatic carboxylic acids is 2. The van der Waals surface area contributed by atoms with Crippen LogP contribution in [0, 0.1) is 11.3 Å². The van der Waals surface area contributed by atoms with Crippen molar-refractivity contribution < 1.29 is 24.6 Å². The van der Waals surface area contributed by atoms with Gasteiger partial charge >= 0.3 is 11.9 Å². The van der Waals surface area contributed by atoms with Crippen LogP contribution in [0.3, 0.4) is 0 Å². The smallest absolute Gasteiger partial charge is 0.326 e. The van der Waals surface area contributed by atoms with Crippen molar-refractivity contribution in [3.05, 3.63) is 11.8 Å². The van der Waals surface area contributed by atoms with Gasteiger partial charge in [-0.05, 0) is 18.4 Å². The summed E-state index contributed by atoms with van der Waals surface area (Å²) in [6.45, 7) is -0.618. The number of hydrogen-bond donors (Lipinski definition) is 4. The minimum absolute atomic E-state index is 0.322. The molecule has 0 bridgehead atoms. The van der Waals surface area contributed by atoms with Crippen molar-refractivity contribution >= 4 is 29.6 Å². The molecule has 0 saturated heterocycles. The predicted molar refractivity (Wildman–Crippen MR) is 71.9 cm³/mol. The van der Waals surface area contributed by atoms with Crippen molar-refractivity contribution in [3.8, 4) is 6.07 Å². The highest BCUT2D eigenvalue weighted by Crippen LogP contribution is 2.02. The molecule has 0 aliphatic carbocycles. The van der Waals surface area contributed by atoms with Crippen LogP contribution < -0.4 is 10.6 Å². The molecular weight excluding hydrogens is 286 g/mol. The lowest BCUT2D eigenvalue weighted by Crippen LogP contribution is -2.35. The molecule has 0 radical (unpaired) electrons. The highest BCUT2D eigenvalue weighted by Gasteiger charge is 2.16. The van der Waals surface area contributed by atoms with Crippen LogP contribution in [-0.2, 0) is 14.4 Å². The lowest BCUT2D eigenvalue weighted by atomic mass is 10.2. The van der Waals surface area contributed by atoms with Gasteiger partial charge in [-0.2, -0.15) is 17.0 Å². The number of carboxylic acid groups (broad SMARTS) is 2. The van der Waals surface area contributed by atoms with Crippen LogP contribution in [0.2, 0.25) is 0 Å². The van der Waals surface area contributed by atoms with E-state index >= 15 is 0 Å². The Bertz CT molecular complexity index is 444. The van der Waals surface area contributed by atoms with Gasteiger partial charge in [0.25, 0.3) is 5.91 Å². The molecule has 0 aliphatic rings. The highest BCUT2D eigenvalue weighted by atomic mass is 32.2. The monoisotopic (exact) mass is 301 g/mol. The van der Waals surface area contributed by atoms with E-state index in [1.165, 1.54) is 11.8 Å². The quantitative estimate of drug-likeness (QED) is 0.327. The van der Waals surface area contributed by atoms with Gasteiger partial charge in [0.2, 0.25) is 0 Å². The maximum atomic E-state index is 11.4. The highest BCUT2D eigenvalue weighted by molar-refractivity contribution is 7.98. The van der Waals surface area contributed by atoms with Crippen LogP contribution in [0.25, 0.3) is 0 Å². The number of nitriles is 1. The Labute approximate surface area is 119 Å².